The second-order valence-electron chi connectivity index (χ2n) is 4.31. The Morgan fingerprint density at radius 3 is 2.24 bits per heavy atom. The summed E-state index contributed by atoms with van der Waals surface area (Å²) in [5.41, 5.74) is 0.933. The molecule has 2 rings (SSSR count). The molecule has 4 heteroatoms. The zero-order valence-electron chi connectivity index (χ0n) is 9.45. The molecule has 1 saturated carbocycles. The lowest BCUT2D eigenvalue weighted by atomic mass is 10.2. The summed E-state index contributed by atoms with van der Waals surface area (Å²) in [4.78, 5) is 11.7. The Bertz CT molecular complexity index is 366. The molecule has 0 saturated heterocycles. The van der Waals surface area contributed by atoms with Gasteiger partial charge in [-0.15, -0.1) is 0 Å². The second-order valence-corrected chi connectivity index (χ2v) is 4.31. The number of aliphatic hydroxyl groups is 2. The molecule has 1 aliphatic rings. The van der Waals surface area contributed by atoms with E-state index in [1.807, 2.05) is 30.3 Å². The van der Waals surface area contributed by atoms with Gasteiger partial charge in [0.15, 0.2) is 0 Å². The van der Waals surface area contributed by atoms with E-state index in [1.54, 1.807) is 0 Å². The van der Waals surface area contributed by atoms with Crippen LogP contribution in [0.15, 0.2) is 30.3 Å². The monoisotopic (exact) mass is 236 g/mol. The first kappa shape index (κ1) is 12.1. The molecule has 1 aromatic rings. The van der Waals surface area contributed by atoms with Crippen LogP contribution < -0.4 is 0 Å². The number of benzene rings is 1. The summed E-state index contributed by atoms with van der Waals surface area (Å²) in [5, 5.41) is 18.0. The Morgan fingerprint density at radius 2 is 1.71 bits per heavy atom. The number of aliphatic hydroxyl groups excluding tert-OH is 2. The lowest BCUT2D eigenvalue weighted by Gasteiger charge is -2.04. The van der Waals surface area contributed by atoms with E-state index in [9.17, 15) is 4.79 Å². The normalized spacial score (nSPS) is 26.6. The van der Waals surface area contributed by atoms with Crippen molar-refractivity contribution in [3.05, 3.63) is 35.9 Å². The zero-order valence-corrected chi connectivity index (χ0v) is 9.45. The molecule has 3 atom stereocenters. The highest BCUT2D eigenvalue weighted by Crippen LogP contribution is 2.46. The Hall–Kier alpha value is -1.39. The van der Waals surface area contributed by atoms with Gasteiger partial charge in [0, 0.05) is 25.0 Å². The number of hydrogen-bond acceptors (Lipinski definition) is 4. The SMILES string of the molecule is O=C(OCc1ccccc1)C1[C@@H](CO)[C@H]1CO. The van der Waals surface area contributed by atoms with Gasteiger partial charge in [-0.1, -0.05) is 30.3 Å². The number of carbonyl (C=O) groups excluding carboxylic acids is 1. The summed E-state index contributed by atoms with van der Waals surface area (Å²) in [6.07, 6.45) is 0. The lowest BCUT2D eigenvalue weighted by molar-refractivity contribution is -0.147. The fourth-order valence-corrected chi connectivity index (χ4v) is 2.12. The van der Waals surface area contributed by atoms with Gasteiger partial charge in [0.05, 0.1) is 5.92 Å². The molecular weight excluding hydrogens is 220 g/mol. The molecular formula is C13H16O4. The van der Waals surface area contributed by atoms with Gasteiger partial charge in [0.2, 0.25) is 0 Å². The molecule has 0 bridgehead atoms. The highest BCUT2D eigenvalue weighted by atomic mass is 16.5. The Balaban J connectivity index is 1.83. The molecule has 1 unspecified atom stereocenters. The van der Waals surface area contributed by atoms with Gasteiger partial charge in [-0.2, -0.15) is 0 Å². The molecule has 0 heterocycles. The summed E-state index contributed by atoms with van der Waals surface area (Å²) in [6, 6.07) is 9.43. The molecule has 92 valence electrons. The van der Waals surface area contributed by atoms with Gasteiger partial charge in [-0.3, -0.25) is 4.79 Å². The minimum Gasteiger partial charge on any atom is -0.461 e. The number of rotatable bonds is 5. The fraction of sp³-hybridized carbons (Fsp3) is 0.462. The van der Waals surface area contributed by atoms with Crippen LogP contribution in [-0.4, -0.2) is 29.4 Å². The van der Waals surface area contributed by atoms with Crippen molar-refractivity contribution >= 4 is 5.97 Å². The number of esters is 1. The third-order valence-corrected chi connectivity index (χ3v) is 3.25. The van der Waals surface area contributed by atoms with Crippen LogP contribution in [0.2, 0.25) is 0 Å². The average Bonchev–Trinajstić information content (AvgIpc) is 3.10. The zero-order chi connectivity index (χ0) is 12.3. The maximum absolute atomic E-state index is 11.7. The van der Waals surface area contributed by atoms with Crippen molar-refractivity contribution in [3.63, 3.8) is 0 Å². The highest BCUT2D eigenvalue weighted by molar-refractivity contribution is 5.76. The van der Waals surface area contributed by atoms with E-state index >= 15 is 0 Å². The fourth-order valence-electron chi connectivity index (χ4n) is 2.12. The van der Waals surface area contributed by atoms with E-state index < -0.39 is 0 Å². The van der Waals surface area contributed by atoms with E-state index in [0.717, 1.165) is 5.56 Å². The number of hydrogen-bond donors (Lipinski definition) is 2. The molecule has 0 amide bonds. The van der Waals surface area contributed by atoms with Gasteiger partial charge >= 0.3 is 5.97 Å². The Morgan fingerprint density at radius 1 is 1.12 bits per heavy atom. The van der Waals surface area contributed by atoms with Crippen LogP contribution in [0.4, 0.5) is 0 Å². The van der Waals surface area contributed by atoms with Crippen LogP contribution in [-0.2, 0) is 16.1 Å². The predicted molar refractivity (Wildman–Crippen MR) is 60.9 cm³/mol. The van der Waals surface area contributed by atoms with Crippen molar-refractivity contribution in [1.82, 2.24) is 0 Å². The van der Waals surface area contributed by atoms with Crippen LogP contribution in [0.5, 0.6) is 0 Å². The molecule has 1 fully saturated rings. The van der Waals surface area contributed by atoms with Crippen molar-refractivity contribution in [1.29, 1.82) is 0 Å². The molecule has 1 aromatic carbocycles. The second kappa shape index (κ2) is 5.29. The molecule has 0 aromatic heterocycles. The third-order valence-electron chi connectivity index (χ3n) is 3.25. The largest absolute Gasteiger partial charge is 0.461 e. The van der Waals surface area contributed by atoms with Gasteiger partial charge in [-0.05, 0) is 5.56 Å². The summed E-state index contributed by atoms with van der Waals surface area (Å²) < 4.78 is 5.16. The van der Waals surface area contributed by atoms with Gasteiger partial charge < -0.3 is 14.9 Å². The highest BCUT2D eigenvalue weighted by Gasteiger charge is 2.54. The summed E-state index contributed by atoms with van der Waals surface area (Å²) in [6.45, 7) is 0.0964. The first-order chi connectivity index (χ1) is 8.27. The van der Waals surface area contributed by atoms with Crippen LogP contribution in [0.3, 0.4) is 0 Å². The summed E-state index contributed by atoms with van der Waals surface area (Å²) >= 11 is 0. The predicted octanol–water partition coefficient (Wildman–Crippen LogP) is 0.577. The van der Waals surface area contributed by atoms with Crippen molar-refractivity contribution in [2.75, 3.05) is 13.2 Å². The molecule has 0 spiro atoms. The Labute approximate surface area is 99.8 Å². The first-order valence-corrected chi connectivity index (χ1v) is 5.70. The van der Waals surface area contributed by atoms with Crippen LogP contribution >= 0.6 is 0 Å². The minimum absolute atomic E-state index is 0.0731. The molecule has 2 N–H and O–H groups in total. The molecule has 17 heavy (non-hydrogen) atoms. The molecule has 0 aliphatic heterocycles. The van der Waals surface area contributed by atoms with Gasteiger partial charge in [-0.25, -0.2) is 0 Å². The van der Waals surface area contributed by atoms with Crippen molar-refractivity contribution < 1.29 is 19.7 Å². The maximum Gasteiger partial charge on any atom is 0.310 e. The molecule has 4 nitrogen and oxygen atoms in total. The summed E-state index contributed by atoms with van der Waals surface area (Å²) in [7, 11) is 0. The van der Waals surface area contributed by atoms with Crippen molar-refractivity contribution in [2.24, 2.45) is 17.8 Å². The number of ether oxygens (including phenoxy) is 1. The van der Waals surface area contributed by atoms with Gasteiger partial charge in [0.1, 0.15) is 6.61 Å². The Kier molecular flexibility index (Phi) is 3.76. The topological polar surface area (TPSA) is 66.8 Å². The average molecular weight is 236 g/mol. The maximum atomic E-state index is 11.7. The van der Waals surface area contributed by atoms with E-state index in [0.29, 0.717) is 0 Å². The van der Waals surface area contributed by atoms with E-state index in [-0.39, 0.29) is 43.5 Å². The summed E-state index contributed by atoms with van der Waals surface area (Å²) in [5.74, 6) is -0.938. The van der Waals surface area contributed by atoms with Crippen LogP contribution in [0.25, 0.3) is 0 Å². The quantitative estimate of drug-likeness (QED) is 0.734. The smallest absolute Gasteiger partial charge is 0.310 e. The van der Waals surface area contributed by atoms with Crippen LogP contribution in [0.1, 0.15) is 5.56 Å². The van der Waals surface area contributed by atoms with Gasteiger partial charge in [0.25, 0.3) is 0 Å². The van der Waals surface area contributed by atoms with Crippen LogP contribution in [0, 0.1) is 17.8 Å². The number of carbonyl (C=O) groups is 1. The van der Waals surface area contributed by atoms with Crippen molar-refractivity contribution in [2.45, 2.75) is 6.61 Å². The minimum atomic E-state index is -0.339. The first-order valence-electron chi connectivity index (χ1n) is 5.70. The molecule has 0 radical (unpaired) electrons. The van der Waals surface area contributed by atoms with E-state index in [4.69, 9.17) is 14.9 Å². The van der Waals surface area contributed by atoms with E-state index in [1.165, 1.54) is 0 Å². The van der Waals surface area contributed by atoms with Crippen molar-refractivity contribution in [3.8, 4) is 0 Å². The lowest BCUT2D eigenvalue weighted by Crippen LogP contribution is -2.10. The standard InChI is InChI=1S/C13H16O4/c14-6-10-11(7-15)12(10)13(16)17-8-9-4-2-1-3-5-9/h1-5,10-12,14-15H,6-8H2/t10-,11+,12?. The third kappa shape index (κ3) is 2.65. The molecule has 1 aliphatic carbocycles. The van der Waals surface area contributed by atoms with E-state index in [2.05, 4.69) is 0 Å².